The van der Waals surface area contributed by atoms with Crippen molar-refractivity contribution in [2.75, 3.05) is 0 Å². The number of aliphatic imine (C=N–C) groups is 1. The van der Waals surface area contributed by atoms with Gasteiger partial charge in [-0.15, -0.1) is 12.6 Å². The Hall–Kier alpha value is -1.75. The van der Waals surface area contributed by atoms with Crippen LogP contribution in [0.15, 0.2) is 40.2 Å². The summed E-state index contributed by atoms with van der Waals surface area (Å²) in [6, 6.07) is 6.55. The molecule has 2 aromatic rings. The molecule has 0 aliphatic rings. The van der Waals surface area contributed by atoms with E-state index in [1.165, 1.54) is 6.21 Å². The zero-order valence-electron chi connectivity index (χ0n) is 9.99. The number of halogens is 3. The molecule has 2 rings (SSSR count). The maximum absolute atomic E-state index is 13.4. The van der Waals surface area contributed by atoms with Crippen LogP contribution in [0.1, 0.15) is 11.1 Å². The minimum atomic E-state index is -1.04. The summed E-state index contributed by atoms with van der Waals surface area (Å²) in [6.45, 7) is 1.86. The predicted molar refractivity (Wildman–Crippen MR) is 72.0 cm³/mol. The molecule has 5 heteroatoms. The Labute approximate surface area is 114 Å². The Kier molecular flexibility index (Phi) is 3.95. The van der Waals surface area contributed by atoms with Crippen molar-refractivity contribution in [1.29, 1.82) is 0 Å². The van der Waals surface area contributed by atoms with Crippen molar-refractivity contribution in [3.05, 3.63) is 58.9 Å². The number of benzene rings is 2. The summed E-state index contributed by atoms with van der Waals surface area (Å²) in [6.07, 6.45) is 1.30. The van der Waals surface area contributed by atoms with E-state index in [9.17, 15) is 13.2 Å². The Bertz CT molecular complexity index is 630. The second-order valence-corrected chi connectivity index (χ2v) is 4.44. The topological polar surface area (TPSA) is 12.4 Å². The molecule has 2 aromatic carbocycles. The third kappa shape index (κ3) is 2.98. The molecule has 0 spiro atoms. The van der Waals surface area contributed by atoms with E-state index in [2.05, 4.69) is 17.6 Å². The minimum Gasteiger partial charge on any atom is -0.250 e. The standard InChI is InChI=1S/C14H10F3NS/c1-8-3-2-4-9(14(8)19)7-18-13-11(16)5-10(15)6-12(13)17/h2-7,19H,1H3. The maximum atomic E-state index is 13.4. The molecule has 0 aliphatic carbocycles. The number of thiol groups is 1. The number of hydrogen-bond acceptors (Lipinski definition) is 2. The molecule has 0 N–H and O–H groups in total. The predicted octanol–water partition coefficient (Wildman–Crippen LogP) is 4.45. The van der Waals surface area contributed by atoms with Crippen LogP contribution in [0.2, 0.25) is 0 Å². The van der Waals surface area contributed by atoms with E-state index in [0.29, 0.717) is 22.6 Å². The SMILES string of the molecule is Cc1cccc(C=Nc2c(F)cc(F)cc2F)c1S. The second kappa shape index (κ2) is 5.48. The van der Waals surface area contributed by atoms with Gasteiger partial charge in [0.25, 0.3) is 0 Å². The zero-order valence-corrected chi connectivity index (χ0v) is 10.9. The van der Waals surface area contributed by atoms with E-state index >= 15 is 0 Å². The molecule has 0 saturated carbocycles. The van der Waals surface area contributed by atoms with Crippen LogP contribution in [-0.2, 0) is 0 Å². The Morgan fingerprint density at radius 3 is 2.37 bits per heavy atom. The molecular formula is C14H10F3NS. The third-order valence-corrected chi connectivity index (χ3v) is 3.19. The molecule has 0 amide bonds. The first-order valence-electron chi connectivity index (χ1n) is 5.46. The summed E-state index contributed by atoms with van der Waals surface area (Å²) in [5.41, 5.74) is 1.04. The van der Waals surface area contributed by atoms with Gasteiger partial charge in [-0.05, 0) is 12.5 Å². The van der Waals surface area contributed by atoms with Gasteiger partial charge < -0.3 is 0 Å². The van der Waals surface area contributed by atoms with E-state index in [1.807, 2.05) is 13.0 Å². The maximum Gasteiger partial charge on any atom is 0.154 e. The van der Waals surface area contributed by atoms with Crippen LogP contribution in [0.3, 0.4) is 0 Å². The average molecular weight is 281 g/mol. The van der Waals surface area contributed by atoms with Crippen LogP contribution >= 0.6 is 12.6 Å². The summed E-state index contributed by atoms with van der Waals surface area (Å²) in [5.74, 6) is -3.05. The monoisotopic (exact) mass is 281 g/mol. The van der Waals surface area contributed by atoms with Gasteiger partial charge >= 0.3 is 0 Å². The molecule has 19 heavy (non-hydrogen) atoms. The van der Waals surface area contributed by atoms with Gasteiger partial charge in [0.2, 0.25) is 0 Å². The Morgan fingerprint density at radius 2 is 1.74 bits per heavy atom. The van der Waals surface area contributed by atoms with E-state index in [4.69, 9.17) is 0 Å². The fraction of sp³-hybridized carbons (Fsp3) is 0.0714. The molecule has 0 fully saturated rings. The highest BCUT2D eigenvalue weighted by atomic mass is 32.1. The van der Waals surface area contributed by atoms with Crippen molar-refractivity contribution in [2.45, 2.75) is 11.8 Å². The van der Waals surface area contributed by atoms with Crippen LogP contribution in [0.25, 0.3) is 0 Å². The van der Waals surface area contributed by atoms with Gasteiger partial charge in [0.05, 0.1) is 0 Å². The summed E-state index contributed by atoms with van der Waals surface area (Å²) in [7, 11) is 0. The van der Waals surface area contributed by atoms with Crippen LogP contribution in [0.4, 0.5) is 18.9 Å². The molecule has 0 atom stereocenters. The molecule has 98 valence electrons. The number of aryl methyl sites for hydroxylation is 1. The summed E-state index contributed by atoms with van der Waals surface area (Å²) < 4.78 is 39.5. The van der Waals surface area contributed by atoms with Crippen LogP contribution in [-0.4, -0.2) is 6.21 Å². The summed E-state index contributed by atoms with van der Waals surface area (Å²) in [5, 5.41) is 0. The molecule has 0 radical (unpaired) electrons. The van der Waals surface area contributed by atoms with E-state index in [1.54, 1.807) is 12.1 Å². The molecule has 0 saturated heterocycles. The first-order chi connectivity index (χ1) is 8.99. The Morgan fingerprint density at radius 1 is 1.11 bits per heavy atom. The summed E-state index contributed by atoms with van der Waals surface area (Å²) in [4.78, 5) is 4.40. The molecule has 0 bridgehead atoms. The van der Waals surface area contributed by atoms with E-state index < -0.39 is 23.1 Å². The van der Waals surface area contributed by atoms with Gasteiger partial charge in [-0.1, -0.05) is 18.2 Å². The van der Waals surface area contributed by atoms with Gasteiger partial charge in [0.15, 0.2) is 11.6 Å². The number of nitrogens with zero attached hydrogens (tertiary/aromatic N) is 1. The molecular weight excluding hydrogens is 271 g/mol. The molecule has 0 heterocycles. The third-order valence-electron chi connectivity index (χ3n) is 2.58. The van der Waals surface area contributed by atoms with E-state index in [-0.39, 0.29) is 0 Å². The fourth-order valence-electron chi connectivity index (χ4n) is 1.58. The molecule has 0 unspecified atom stereocenters. The highest BCUT2D eigenvalue weighted by Gasteiger charge is 2.10. The molecule has 1 nitrogen and oxygen atoms in total. The summed E-state index contributed by atoms with van der Waals surface area (Å²) >= 11 is 4.29. The van der Waals surface area contributed by atoms with Crippen molar-refractivity contribution in [2.24, 2.45) is 4.99 Å². The van der Waals surface area contributed by atoms with Crippen molar-refractivity contribution < 1.29 is 13.2 Å². The van der Waals surface area contributed by atoms with Gasteiger partial charge in [-0.2, -0.15) is 0 Å². The first kappa shape index (κ1) is 13.7. The Balaban J connectivity index is 2.41. The lowest BCUT2D eigenvalue weighted by atomic mass is 10.1. The van der Waals surface area contributed by atoms with Gasteiger partial charge in [0.1, 0.15) is 11.5 Å². The normalized spacial score (nSPS) is 11.2. The minimum absolute atomic E-state index is 0.518. The zero-order chi connectivity index (χ0) is 14.0. The van der Waals surface area contributed by atoms with Gasteiger partial charge in [-0.3, -0.25) is 4.99 Å². The van der Waals surface area contributed by atoms with Crippen molar-refractivity contribution in [3.8, 4) is 0 Å². The highest BCUT2D eigenvalue weighted by Crippen LogP contribution is 2.24. The van der Waals surface area contributed by atoms with Crippen molar-refractivity contribution in [3.63, 3.8) is 0 Å². The van der Waals surface area contributed by atoms with Gasteiger partial charge in [-0.25, -0.2) is 13.2 Å². The average Bonchev–Trinajstić information content (AvgIpc) is 2.33. The van der Waals surface area contributed by atoms with E-state index in [0.717, 1.165) is 5.56 Å². The lowest BCUT2D eigenvalue weighted by Crippen LogP contribution is -1.90. The number of hydrogen-bond donors (Lipinski definition) is 1. The van der Waals surface area contributed by atoms with Crippen molar-refractivity contribution in [1.82, 2.24) is 0 Å². The first-order valence-corrected chi connectivity index (χ1v) is 5.91. The number of rotatable bonds is 2. The largest absolute Gasteiger partial charge is 0.250 e. The van der Waals surface area contributed by atoms with Gasteiger partial charge in [0, 0.05) is 28.8 Å². The second-order valence-electron chi connectivity index (χ2n) is 3.99. The molecule has 0 aliphatic heterocycles. The smallest absolute Gasteiger partial charge is 0.154 e. The molecule has 0 aromatic heterocycles. The van der Waals surface area contributed by atoms with Crippen LogP contribution in [0.5, 0.6) is 0 Å². The lowest BCUT2D eigenvalue weighted by Gasteiger charge is -2.03. The van der Waals surface area contributed by atoms with Crippen LogP contribution in [0, 0.1) is 24.4 Å². The highest BCUT2D eigenvalue weighted by molar-refractivity contribution is 7.80. The van der Waals surface area contributed by atoms with Crippen LogP contribution < -0.4 is 0 Å². The lowest BCUT2D eigenvalue weighted by molar-refractivity contribution is 0.547. The van der Waals surface area contributed by atoms with Crippen molar-refractivity contribution >= 4 is 24.5 Å². The fourth-order valence-corrected chi connectivity index (χ4v) is 1.78. The quantitative estimate of drug-likeness (QED) is 0.616.